The summed E-state index contributed by atoms with van der Waals surface area (Å²) in [4.78, 5) is 12.7. The molecule has 0 atom stereocenters. The van der Waals surface area contributed by atoms with E-state index in [0.717, 1.165) is 23.4 Å². The molecule has 1 rings (SSSR count). The lowest BCUT2D eigenvalue weighted by atomic mass is 10.2. The molecule has 96 valence electrons. The van der Waals surface area contributed by atoms with Gasteiger partial charge in [-0.15, -0.1) is 11.3 Å². The van der Waals surface area contributed by atoms with Gasteiger partial charge in [0.05, 0.1) is 3.79 Å². The number of thiophene rings is 1. The van der Waals surface area contributed by atoms with E-state index < -0.39 is 0 Å². The Hall–Kier alpha value is -0.390. The number of carbonyl (C=O) groups is 1. The van der Waals surface area contributed by atoms with Crippen LogP contribution in [-0.4, -0.2) is 19.0 Å². The zero-order valence-corrected chi connectivity index (χ0v) is 12.7. The number of halogens is 1. The second-order valence-electron chi connectivity index (χ2n) is 4.33. The molecule has 1 amide bonds. The summed E-state index contributed by atoms with van der Waals surface area (Å²) in [5.41, 5.74) is 0. The number of nitrogens with one attached hydrogen (secondary N) is 2. The van der Waals surface area contributed by atoms with Gasteiger partial charge in [-0.1, -0.05) is 13.8 Å². The molecule has 0 unspecified atom stereocenters. The number of hydrogen-bond acceptors (Lipinski definition) is 3. The van der Waals surface area contributed by atoms with E-state index >= 15 is 0 Å². The van der Waals surface area contributed by atoms with E-state index in [2.05, 4.69) is 46.5 Å². The molecule has 0 spiro atoms. The molecule has 5 heteroatoms. The summed E-state index contributed by atoms with van der Waals surface area (Å²) in [6, 6.07) is 4.12. The maximum Gasteiger partial charge on any atom is 0.221 e. The van der Waals surface area contributed by atoms with Gasteiger partial charge in [-0.25, -0.2) is 0 Å². The second kappa shape index (κ2) is 7.84. The van der Waals surface area contributed by atoms with Crippen molar-refractivity contribution in [2.75, 3.05) is 13.1 Å². The zero-order chi connectivity index (χ0) is 12.7. The lowest BCUT2D eigenvalue weighted by Gasteiger charge is -2.07. The van der Waals surface area contributed by atoms with Crippen LogP contribution in [0, 0.1) is 5.92 Å². The van der Waals surface area contributed by atoms with Gasteiger partial charge in [0.15, 0.2) is 0 Å². The van der Waals surface area contributed by atoms with Crippen LogP contribution in [-0.2, 0) is 11.3 Å². The number of rotatable bonds is 7. The summed E-state index contributed by atoms with van der Waals surface area (Å²) < 4.78 is 1.14. The Bertz CT molecular complexity index is 352. The topological polar surface area (TPSA) is 41.1 Å². The fraction of sp³-hybridized carbons (Fsp3) is 0.583. The first-order valence-corrected chi connectivity index (χ1v) is 7.40. The number of hydrogen-bond donors (Lipinski definition) is 2. The first kappa shape index (κ1) is 14.7. The van der Waals surface area contributed by atoms with Crippen molar-refractivity contribution in [2.45, 2.75) is 26.8 Å². The Labute approximate surface area is 115 Å². The Morgan fingerprint density at radius 3 is 2.82 bits per heavy atom. The smallest absolute Gasteiger partial charge is 0.221 e. The van der Waals surface area contributed by atoms with Crippen LogP contribution in [0.25, 0.3) is 0 Å². The maximum atomic E-state index is 11.4. The van der Waals surface area contributed by atoms with E-state index in [9.17, 15) is 4.79 Å². The van der Waals surface area contributed by atoms with Crippen molar-refractivity contribution < 1.29 is 4.79 Å². The summed E-state index contributed by atoms with van der Waals surface area (Å²) in [5, 5.41) is 6.16. The van der Waals surface area contributed by atoms with E-state index in [-0.39, 0.29) is 5.91 Å². The summed E-state index contributed by atoms with van der Waals surface area (Å²) in [5.74, 6) is 0.633. The molecule has 1 aromatic rings. The lowest BCUT2D eigenvalue weighted by Crippen LogP contribution is -2.30. The SMILES string of the molecule is CC(C)CNC(=O)CCNCc1ccc(Br)s1. The van der Waals surface area contributed by atoms with Crippen molar-refractivity contribution in [1.82, 2.24) is 10.6 Å². The van der Waals surface area contributed by atoms with Gasteiger partial charge in [-0.3, -0.25) is 4.79 Å². The molecule has 0 bridgehead atoms. The Balaban J connectivity index is 2.06. The monoisotopic (exact) mass is 318 g/mol. The molecule has 0 aliphatic carbocycles. The molecular formula is C12H19BrN2OS. The molecule has 3 nitrogen and oxygen atoms in total. The Morgan fingerprint density at radius 1 is 1.47 bits per heavy atom. The van der Waals surface area contributed by atoms with Crippen LogP contribution >= 0.6 is 27.3 Å². The maximum absolute atomic E-state index is 11.4. The van der Waals surface area contributed by atoms with E-state index in [1.54, 1.807) is 11.3 Å². The highest BCUT2D eigenvalue weighted by molar-refractivity contribution is 9.11. The van der Waals surface area contributed by atoms with Crippen LogP contribution in [0.5, 0.6) is 0 Å². The van der Waals surface area contributed by atoms with Gasteiger partial charge >= 0.3 is 0 Å². The minimum Gasteiger partial charge on any atom is -0.356 e. The third-order valence-corrected chi connectivity index (χ3v) is 3.79. The predicted octanol–water partition coefficient (Wildman–Crippen LogP) is 2.76. The standard InChI is InChI=1S/C12H19BrN2OS/c1-9(2)7-15-12(16)5-6-14-8-10-3-4-11(13)17-10/h3-4,9,14H,5-8H2,1-2H3,(H,15,16). The Kier molecular flexibility index (Phi) is 6.77. The molecular weight excluding hydrogens is 300 g/mol. The molecule has 1 heterocycles. The normalized spacial score (nSPS) is 10.8. The average Bonchev–Trinajstić information content (AvgIpc) is 2.68. The van der Waals surface area contributed by atoms with Gasteiger partial charge < -0.3 is 10.6 Å². The fourth-order valence-corrected chi connectivity index (χ4v) is 2.72. The minimum absolute atomic E-state index is 0.124. The van der Waals surface area contributed by atoms with Crippen molar-refractivity contribution >= 4 is 33.2 Å². The van der Waals surface area contributed by atoms with Crippen LogP contribution in [0.2, 0.25) is 0 Å². The first-order chi connectivity index (χ1) is 8.08. The number of carbonyl (C=O) groups excluding carboxylic acids is 1. The molecule has 0 fully saturated rings. The van der Waals surface area contributed by atoms with Gasteiger partial charge in [-0.05, 0) is 34.0 Å². The first-order valence-electron chi connectivity index (χ1n) is 5.79. The third-order valence-electron chi connectivity index (χ3n) is 2.16. The van der Waals surface area contributed by atoms with E-state index in [4.69, 9.17) is 0 Å². The third kappa shape index (κ3) is 6.81. The van der Waals surface area contributed by atoms with Crippen LogP contribution in [0.4, 0.5) is 0 Å². The molecule has 0 aliphatic heterocycles. The molecule has 17 heavy (non-hydrogen) atoms. The van der Waals surface area contributed by atoms with Gasteiger partial charge in [0.1, 0.15) is 0 Å². The predicted molar refractivity (Wildman–Crippen MR) is 76.2 cm³/mol. The summed E-state index contributed by atoms with van der Waals surface area (Å²) in [6.45, 7) is 6.49. The largest absolute Gasteiger partial charge is 0.356 e. The highest BCUT2D eigenvalue weighted by Crippen LogP contribution is 2.21. The highest BCUT2D eigenvalue weighted by atomic mass is 79.9. The van der Waals surface area contributed by atoms with E-state index in [1.165, 1.54) is 4.88 Å². The second-order valence-corrected chi connectivity index (χ2v) is 6.88. The summed E-state index contributed by atoms with van der Waals surface area (Å²) in [6.07, 6.45) is 0.541. The van der Waals surface area contributed by atoms with Crippen LogP contribution in [0.15, 0.2) is 15.9 Å². The summed E-state index contributed by atoms with van der Waals surface area (Å²) in [7, 11) is 0. The van der Waals surface area contributed by atoms with Crippen LogP contribution in [0.3, 0.4) is 0 Å². The van der Waals surface area contributed by atoms with Crippen molar-refractivity contribution in [3.05, 3.63) is 20.8 Å². The van der Waals surface area contributed by atoms with Crippen molar-refractivity contribution in [3.63, 3.8) is 0 Å². The quantitative estimate of drug-likeness (QED) is 0.759. The fourth-order valence-electron chi connectivity index (χ4n) is 1.27. The average molecular weight is 319 g/mol. The van der Waals surface area contributed by atoms with Gasteiger partial charge in [-0.2, -0.15) is 0 Å². The van der Waals surface area contributed by atoms with Crippen molar-refractivity contribution in [2.24, 2.45) is 5.92 Å². The van der Waals surface area contributed by atoms with Crippen molar-refractivity contribution in [3.8, 4) is 0 Å². The molecule has 0 saturated heterocycles. The molecule has 2 N–H and O–H groups in total. The molecule has 0 aliphatic rings. The summed E-state index contributed by atoms with van der Waals surface area (Å²) >= 11 is 5.14. The lowest BCUT2D eigenvalue weighted by molar-refractivity contribution is -0.121. The Morgan fingerprint density at radius 2 is 2.24 bits per heavy atom. The van der Waals surface area contributed by atoms with E-state index in [1.807, 2.05) is 6.07 Å². The molecule has 0 saturated carbocycles. The molecule has 0 aromatic carbocycles. The number of amides is 1. The van der Waals surface area contributed by atoms with Crippen molar-refractivity contribution in [1.29, 1.82) is 0 Å². The van der Waals surface area contributed by atoms with Crippen LogP contribution in [0.1, 0.15) is 25.1 Å². The highest BCUT2D eigenvalue weighted by Gasteiger charge is 2.02. The zero-order valence-electron chi connectivity index (χ0n) is 10.3. The van der Waals surface area contributed by atoms with Gasteiger partial charge in [0, 0.05) is 30.9 Å². The van der Waals surface area contributed by atoms with Gasteiger partial charge in [0.2, 0.25) is 5.91 Å². The van der Waals surface area contributed by atoms with Crippen LogP contribution < -0.4 is 10.6 Å². The molecule has 0 radical (unpaired) electrons. The van der Waals surface area contributed by atoms with E-state index in [0.29, 0.717) is 12.3 Å². The molecule has 1 aromatic heterocycles. The minimum atomic E-state index is 0.124. The van der Waals surface area contributed by atoms with Gasteiger partial charge in [0.25, 0.3) is 0 Å².